The van der Waals surface area contributed by atoms with Crippen LogP contribution in [0.1, 0.15) is 19.8 Å². The van der Waals surface area contributed by atoms with E-state index in [4.69, 9.17) is 0 Å². The number of amides is 1. The van der Waals surface area contributed by atoms with Crippen LogP contribution in [0.4, 0.5) is 11.4 Å². The SMILES string of the molecule is CC(=O)N1CC(C2CC2)Nc2cscc21. The van der Waals surface area contributed by atoms with E-state index in [-0.39, 0.29) is 5.91 Å². The van der Waals surface area contributed by atoms with Crippen LogP contribution in [0.15, 0.2) is 10.8 Å². The van der Waals surface area contributed by atoms with Gasteiger partial charge in [-0.15, -0.1) is 11.3 Å². The molecule has 1 aromatic heterocycles. The molecule has 2 aliphatic rings. The van der Waals surface area contributed by atoms with Gasteiger partial charge in [0.25, 0.3) is 0 Å². The lowest BCUT2D eigenvalue weighted by Crippen LogP contribution is -2.44. The molecule has 4 heteroatoms. The average molecular weight is 222 g/mol. The van der Waals surface area contributed by atoms with Crippen LogP contribution < -0.4 is 10.2 Å². The lowest BCUT2D eigenvalue weighted by molar-refractivity contribution is -0.116. The lowest BCUT2D eigenvalue weighted by atomic mass is 10.1. The van der Waals surface area contributed by atoms with Crippen molar-refractivity contribution in [1.29, 1.82) is 0 Å². The van der Waals surface area contributed by atoms with Crippen molar-refractivity contribution in [3.63, 3.8) is 0 Å². The van der Waals surface area contributed by atoms with Crippen LogP contribution >= 0.6 is 11.3 Å². The smallest absolute Gasteiger partial charge is 0.224 e. The van der Waals surface area contributed by atoms with E-state index < -0.39 is 0 Å². The van der Waals surface area contributed by atoms with Gasteiger partial charge in [-0.2, -0.15) is 0 Å². The number of carbonyl (C=O) groups excluding carboxylic acids is 1. The van der Waals surface area contributed by atoms with Gasteiger partial charge in [-0.1, -0.05) is 0 Å². The topological polar surface area (TPSA) is 32.3 Å². The van der Waals surface area contributed by atoms with Gasteiger partial charge < -0.3 is 10.2 Å². The Morgan fingerprint density at radius 3 is 3.00 bits per heavy atom. The van der Waals surface area contributed by atoms with Gasteiger partial charge in [0.2, 0.25) is 5.91 Å². The molecule has 0 aromatic carbocycles. The summed E-state index contributed by atoms with van der Waals surface area (Å²) >= 11 is 1.65. The number of nitrogens with zero attached hydrogens (tertiary/aromatic N) is 1. The summed E-state index contributed by atoms with van der Waals surface area (Å²) in [5.74, 6) is 0.932. The van der Waals surface area contributed by atoms with Gasteiger partial charge >= 0.3 is 0 Å². The molecule has 1 aromatic rings. The molecular weight excluding hydrogens is 208 g/mol. The minimum Gasteiger partial charge on any atom is -0.378 e. The van der Waals surface area contributed by atoms with Gasteiger partial charge in [0.1, 0.15) is 0 Å². The van der Waals surface area contributed by atoms with Crippen molar-refractivity contribution in [2.24, 2.45) is 5.92 Å². The first-order valence-corrected chi connectivity index (χ1v) is 6.31. The maximum atomic E-state index is 11.6. The zero-order chi connectivity index (χ0) is 10.4. The molecule has 1 unspecified atom stereocenters. The van der Waals surface area contributed by atoms with Crippen LogP contribution in [0, 0.1) is 5.92 Å². The second-order valence-electron chi connectivity index (χ2n) is 4.39. The van der Waals surface area contributed by atoms with Crippen LogP contribution in [0.25, 0.3) is 0 Å². The maximum Gasteiger partial charge on any atom is 0.224 e. The zero-order valence-corrected chi connectivity index (χ0v) is 9.51. The Balaban J connectivity index is 1.92. The van der Waals surface area contributed by atoms with Gasteiger partial charge in [0, 0.05) is 30.3 Å². The molecule has 2 heterocycles. The molecule has 1 N–H and O–H groups in total. The van der Waals surface area contributed by atoms with E-state index in [9.17, 15) is 4.79 Å². The number of hydrogen-bond donors (Lipinski definition) is 1. The third-order valence-electron chi connectivity index (χ3n) is 3.22. The van der Waals surface area contributed by atoms with Crippen molar-refractivity contribution in [2.75, 3.05) is 16.8 Å². The van der Waals surface area contributed by atoms with Crippen LogP contribution in [-0.4, -0.2) is 18.5 Å². The molecule has 0 radical (unpaired) electrons. The fraction of sp³-hybridized carbons (Fsp3) is 0.545. The summed E-state index contributed by atoms with van der Waals surface area (Å²) in [5, 5.41) is 7.69. The summed E-state index contributed by atoms with van der Waals surface area (Å²) in [5.41, 5.74) is 2.20. The van der Waals surface area contributed by atoms with Crippen molar-refractivity contribution in [3.05, 3.63) is 10.8 Å². The highest BCUT2D eigenvalue weighted by atomic mass is 32.1. The van der Waals surface area contributed by atoms with Gasteiger partial charge in [-0.25, -0.2) is 0 Å². The quantitative estimate of drug-likeness (QED) is 0.790. The first-order chi connectivity index (χ1) is 7.25. The molecule has 0 spiro atoms. The van der Waals surface area contributed by atoms with Gasteiger partial charge in [-0.05, 0) is 18.8 Å². The molecule has 1 aliphatic heterocycles. The van der Waals surface area contributed by atoms with Crippen molar-refractivity contribution < 1.29 is 4.79 Å². The second kappa shape index (κ2) is 3.23. The Hall–Kier alpha value is -1.03. The second-order valence-corrected chi connectivity index (χ2v) is 5.13. The maximum absolute atomic E-state index is 11.6. The molecule has 3 nitrogen and oxygen atoms in total. The fourth-order valence-electron chi connectivity index (χ4n) is 2.21. The van der Waals surface area contributed by atoms with E-state index in [1.54, 1.807) is 18.3 Å². The highest BCUT2D eigenvalue weighted by Crippen LogP contribution is 2.41. The predicted octanol–water partition coefficient (Wildman–Crippen LogP) is 2.31. The van der Waals surface area contributed by atoms with E-state index in [0.717, 1.165) is 23.8 Å². The van der Waals surface area contributed by atoms with Gasteiger partial charge in [-0.3, -0.25) is 4.79 Å². The molecule has 1 aliphatic carbocycles. The minimum atomic E-state index is 0.154. The number of nitrogens with one attached hydrogen (secondary N) is 1. The van der Waals surface area contributed by atoms with Crippen LogP contribution in [0.5, 0.6) is 0 Å². The van der Waals surface area contributed by atoms with Gasteiger partial charge in [0.15, 0.2) is 0 Å². The largest absolute Gasteiger partial charge is 0.378 e. The number of hydrogen-bond acceptors (Lipinski definition) is 3. The fourth-order valence-corrected chi connectivity index (χ4v) is 2.99. The third kappa shape index (κ3) is 1.53. The van der Waals surface area contributed by atoms with E-state index >= 15 is 0 Å². The molecule has 0 bridgehead atoms. The monoisotopic (exact) mass is 222 g/mol. The average Bonchev–Trinajstić information content (AvgIpc) is 2.95. The first kappa shape index (κ1) is 9.21. The Labute approximate surface area is 93.1 Å². The Morgan fingerprint density at radius 2 is 2.33 bits per heavy atom. The van der Waals surface area contributed by atoms with Crippen molar-refractivity contribution in [2.45, 2.75) is 25.8 Å². The summed E-state index contributed by atoms with van der Waals surface area (Å²) in [7, 11) is 0. The number of carbonyl (C=O) groups is 1. The molecule has 1 fully saturated rings. The Kier molecular flexibility index (Phi) is 1.99. The lowest BCUT2D eigenvalue weighted by Gasteiger charge is -2.33. The minimum absolute atomic E-state index is 0.154. The van der Waals surface area contributed by atoms with Crippen molar-refractivity contribution in [3.8, 4) is 0 Å². The molecular formula is C11H14N2OS. The van der Waals surface area contributed by atoms with Gasteiger partial charge in [0.05, 0.1) is 11.4 Å². The Bertz CT molecular complexity index is 397. The Morgan fingerprint density at radius 1 is 1.53 bits per heavy atom. The zero-order valence-electron chi connectivity index (χ0n) is 8.69. The summed E-state index contributed by atoms with van der Waals surface area (Å²) < 4.78 is 0. The van der Waals surface area contributed by atoms with E-state index in [1.165, 1.54) is 12.8 Å². The summed E-state index contributed by atoms with van der Waals surface area (Å²) in [4.78, 5) is 13.5. The molecule has 15 heavy (non-hydrogen) atoms. The summed E-state index contributed by atoms with van der Waals surface area (Å²) in [6, 6.07) is 0.469. The molecule has 3 rings (SSSR count). The predicted molar refractivity (Wildman–Crippen MR) is 62.5 cm³/mol. The normalized spacial score (nSPS) is 24.6. The summed E-state index contributed by atoms with van der Waals surface area (Å²) in [6.45, 7) is 2.49. The van der Waals surface area contributed by atoms with E-state index in [0.29, 0.717) is 6.04 Å². The molecule has 80 valence electrons. The molecule has 1 atom stereocenters. The number of anilines is 2. The highest BCUT2D eigenvalue weighted by molar-refractivity contribution is 7.09. The van der Waals surface area contributed by atoms with E-state index in [1.807, 2.05) is 10.3 Å². The van der Waals surface area contributed by atoms with E-state index in [2.05, 4.69) is 10.7 Å². The molecule has 1 amide bonds. The molecule has 0 saturated heterocycles. The standard InChI is InChI=1S/C11H14N2OS/c1-7(14)13-4-9(8-2-3-8)12-10-5-15-6-11(10)13/h5-6,8-9,12H,2-4H2,1H3. The van der Waals surface area contributed by atoms with Crippen molar-refractivity contribution >= 4 is 28.6 Å². The number of thiophene rings is 1. The van der Waals surface area contributed by atoms with Crippen molar-refractivity contribution in [1.82, 2.24) is 0 Å². The summed E-state index contributed by atoms with van der Waals surface area (Å²) in [6.07, 6.45) is 2.62. The van der Waals surface area contributed by atoms with Crippen LogP contribution in [0.3, 0.4) is 0 Å². The first-order valence-electron chi connectivity index (χ1n) is 5.36. The molecule has 1 saturated carbocycles. The number of fused-ring (bicyclic) bond motifs is 1. The number of rotatable bonds is 1. The highest BCUT2D eigenvalue weighted by Gasteiger charge is 2.37. The van der Waals surface area contributed by atoms with Crippen LogP contribution in [0.2, 0.25) is 0 Å². The van der Waals surface area contributed by atoms with Crippen LogP contribution in [-0.2, 0) is 4.79 Å². The third-order valence-corrected chi connectivity index (χ3v) is 3.95.